The van der Waals surface area contributed by atoms with Crippen LogP contribution in [-0.4, -0.2) is 126 Å². The van der Waals surface area contributed by atoms with Crippen molar-refractivity contribution < 1.29 is 54.0 Å². The lowest BCUT2D eigenvalue weighted by Gasteiger charge is -2.29. The molecule has 0 saturated heterocycles. The molecule has 0 rings (SSSR count). The van der Waals surface area contributed by atoms with E-state index in [4.69, 9.17) is 9.47 Å². The zero-order chi connectivity index (χ0) is 28.8. The highest BCUT2D eigenvalue weighted by Crippen LogP contribution is 2.04. The normalized spacial score (nSPS) is 12.2. The summed E-state index contributed by atoms with van der Waals surface area (Å²) >= 11 is 0. The van der Waals surface area contributed by atoms with Crippen molar-refractivity contribution in [2.75, 3.05) is 79.1 Å². The van der Waals surface area contributed by atoms with Gasteiger partial charge in [-0.2, -0.15) is 0 Å². The second-order valence-electron chi connectivity index (χ2n) is 9.83. The number of carbonyl (C=O) groups excluding carboxylic acids is 2. The molecule has 0 radical (unpaired) electrons. The molecule has 0 aliphatic heterocycles. The Morgan fingerprint density at radius 3 is 1.36 bits per heavy atom. The molecule has 212 valence electrons. The fourth-order valence-electron chi connectivity index (χ4n) is 2.42. The number of hydrogen-bond donors (Lipinski definition) is 0. The van der Waals surface area contributed by atoms with Crippen molar-refractivity contribution in [3.05, 3.63) is 24.3 Å². The number of esters is 2. The van der Waals surface area contributed by atoms with Crippen molar-refractivity contribution >= 4 is 32.2 Å². The summed E-state index contributed by atoms with van der Waals surface area (Å²) in [6, 6.07) is 0. The fraction of sp³-hybridized carbons (Fsp3) is 0.727. The number of ether oxygens (including phenoxy) is 2. The highest BCUT2D eigenvalue weighted by atomic mass is 32.2. The number of rotatable bonds is 16. The van der Waals surface area contributed by atoms with Gasteiger partial charge in [0, 0.05) is 16.9 Å². The first-order chi connectivity index (χ1) is 16.1. The molecular formula is C22H42N2O10S2. The second kappa shape index (κ2) is 16.1. The average Bonchev–Trinajstić information content (AvgIpc) is 2.68. The minimum Gasteiger partial charge on any atom is -0.748 e. The van der Waals surface area contributed by atoms with E-state index in [0.717, 1.165) is 6.54 Å². The predicted octanol–water partition coefficient (Wildman–Crippen LogP) is 0.235. The van der Waals surface area contributed by atoms with Crippen molar-refractivity contribution in [3.63, 3.8) is 0 Å². The molecule has 0 spiro atoms. The lowest BCUT2D eigenvalue weighted by atomic mass is 10.3. The Morgan fingerprint density at radius 2 is 1.03 bits per heavy atom. The SMILES string of the molecule is C=C(C)C(=O)OCC[N+](C)(C)CCCCS(=O)(=O)[O-].C=C(C)C(=O)OCC[N+](C)(C)CCS(=O)(=O)[O-]. The molecule has 0 aliphatic carbocycles. The summed E-state index contributed by atoms with van der Waals surface area (Å²) in [5.74, 6) is -1.62. The fourth-order valence-corrected chi connectivity index (χ4v) is 3.69. The van der Waals surface area contributed by atoms with E-state index in [1.165, 1.54) is 0 Å². The Bertz CT molecular complexity index is 955. The van der Waals surface area contributed by atoms with Gasteiger partial charge in [0.2, 0.25) is 0 Å². The first kappa shape index (κ1) is 36.3. The molecular weight excluding hydrogens is 516 g/mol. The highest BCUT2D eigenvalue weighted by Gasteiger charge is 2.18. The molecule has 0 amide bonds. The molecule has 0 unspecified atom stereocenters. The third-order valence-corrected chi connectivity index (χ3v) is 6.38. The van der Waals surface area contributed by atoms with Gasteiger partial charge in [0.15, 0.2) is 0 Å². The zero-order valence-corrected chi connectivity index (χ0v) is 23.9. The van der Waals surface area contributed by atoms with Gasteiger partial charge in [-0.25, -0.2) is 26.4 Å². The van der Waals surface area contributed by atoms with Crippen LogP contribution in [0.1, 0.15) is 26.7 Å². The molecule has 0 bridgehead atoms. The van der Waals surface area contributed by atoms with Gasteiger partial charge in [0.1, 0.15) is 36.4 Å². The summed E-state index contributed by atoms with van der Waals surface area (Å²) in [6.45, 7) is 12.5. The van der Waals surface area contributed by atoms with Crippen LogP contribution in [0.4, 0.5) is 0 Å². The average molecular weight is 559 g/mol. The van der Waals surface area contributed by atoms with Crippen molar-refractivity contribution in [1.29, 1.82) is 0 Å². The third-order valence-electron chi connectivity index (χ3n) is 4.91. The summed E-state index contributed by atoms with van der Waals surface area (Å²) in [4.78, 5) is 22.2. The summed E-state index contributed by atoms with van der Waals surface area (Å²) < 4.78 is 73.6. The van der Waals surface area contributed by atoms with Crippen LogP contribution >= 0.6 is 0 Å². The van der Waals surface area contributed by atoms with Crippen molar-refractivity contribution in [1.82, 2.24) is 0 Å². The Hall–Kier alpha value is -1.84. The molecule has 0 N–H and O–H groups in total. The molecule has 0 saturated carbocycles. The van der Waals surface area contributed by atoms with Gasteiger partial charge < -0.3 is 27.5 Å². The largest absolute Gasteiger partial charge is 0.748 e. The van der Waals surface area contributed by atoms with E-state index in [0.29, 0.717) is 52.7 Å². The van der Waals surface area contributed by atoms with Crippen molar-refractivity contribution in [2.24, 2.45) is 0 Å². The van der Waals surface area contributed by atoms with E-state index in [2.05, 4.69) is 13.2 Å². The third kappa shape index (κ3) is 23.9. The molecule has 0 aliphatic rings. The van der Waals surface area contributed by atoms with E-state index in [1.807, 2.05) is 14.1 Å². The Balaban J connectivity index is 0. The Kier molecular flexibility index (Phi) is 16.2. The van der Waals surface area contributed by atoms with Crippen LogP contribution in [0.2, 0.25) is 0 Å². The van der Waals surface area contributed by atoms with Crippen LogP contribution < -0.4 is 0 Å². The summed E-state index contributed by atoms with van der Waals surface area (Å²) in [5, 5.41) is 0. The zero-order valence-electron chi connectivity index (χ0n) is 22.3. The van der Waals surface area contributed by atoms with Gasteiger partial charge in [0.25, 0.3) is 0 Å². The first-order valence-corrected chi connectivity index (χ1v) is 14.4. The minimum atomic E-state index is -4.20. The van der Waals surface area contributed by atoms with Gasteiger partial charge >= 0.3 is 11.9 Å². The topological polar surface area (TPSA) is 167 Å². The van der Waals surface area contributed by atoms with Gasteiger partial charge in [0.05, 0.1) is 57.2 Å². The molecule has 0 fully saturated rings. The number of nitrogens with zero attached hydrogens (tertiary/aromatic N) is 2. The quantitative estimate of drug-likeness (QED) is 0.0841. The standard InChI is InChI=1S/C12H23NO5S.C10H19NO5S/c1-11(2)12(14)18-9-8-13(3,4)7-5-6-10-19(15,16)17;1-9(2)10(12)16-7-5-11(3,4)6-8-17(13,14)15/h1,5-10H2,2-4H3;1,5-8H2,2-4H3. The molecule has 0 heterocycles. The van der Waals surface area contributed by atoms with Crippen LogP contribution in [-0.2, 0) is 39.3 Å². The van der Waals surface area contributed by atoms with E-state index in [9.17, 15) is 35.5 Å². The second-order valence-corrected chi connectivity index (χ2v) is 12.9. The van der Waals surface area contributed by atoms with E-state index in [1.54, 1.807) is 27.9 Å². The molecule has 14 heteroatoms. The lowest BCUT2D eigenvalue weighted by molar-refractivity contribution is -0.890. The smallest absolute Gasteiger partial charge is 0.333 e. The van der Waals surface area contributed by atoms with Crippen LogP contribution in [0.25, 0.3) is 0 Å². The van der Waals surface area contributed by atoms with Crippen molar-refractivity contribution in [2.45, 2.75) is 26.7 Å². The summed E-state index contributed by atoms with van der Waals surface area (Å²) in [7, 11) is -0.871. The number of quaternary nitrogens is 2. The van der Waals surface area contributed by atoms with Crippen molar-refractivity contribution in [3.8, 4) is 0 Å². The molecule has 0 aromatic heterocycles. The number of hydrogen-bond acceptors (Lipinski definition) is 10. The predicted molar refractivity (Wildman–Crippen MR) is 134 cm³/mol. The van der Waals surface area contributed by atoms with Gasteiger partial charge in [-0.15, -0.1) is 0 Å². The van der Waals surface area contributed by atoms with E-state index >= 15 is 0 Å². The summed E-state index contributed by atoms with van der Waals surface area (Å²) in [6.07, 6.45) is 1.00. The molecule has 12 nitrogen and oxygen atoms in total. The van der Waals surface area contributed by atoms with Crippen LogP contribution in [0, 0.1) is 0 Å². The van der Waals surface area contributed by atoms with Crippen LogP contribution in [0.3, 0.4) is 0 Å². The maximum absolute atomic E-state index is 11.2. The molecule has 0 aromatic rings. The first-order valence-electron chi connectivity index (χ1n) is 11.2. The monoisotopic (exact) mass is 558 g/mol. The maximum atomic E-state index is 11.2. The Morgan fingerprint density at radius 1 is 0.667 bits per heavy atom. The van der Waals surface area contributed by atoms with Gasteiger partial charge in [-0.3, -0.25) is 0 Å². The van der Waals surface area contributed by atoms with E-state index in [-0.39, 0.29) is 18.9 Å². The van der Waals surface area contributed by atoms with Gasteiger partial charge in [-0.1, -0.05) is 13.2 Å². The number of carbonyl (C=O) groups is 2. The Labute approximate surface area is 216 Å². The number of likely N-dealkylation sites (N-methyl/N-ethyl adjacent to an activating group) is 2. The van der Waals surface area contributed by atoms with E-state index < -0.39 is 37.9 Å². The molecule has 0 aromatic carbocycles. The maximum Gasteiger partial charge on any atom is 0.333 e. The number of unbranched alkanes of at least 4 members (excludes halogenated alkanes) is 1. The van der Waals surface area contributed by atoms with Gasteiger partial charge in [-0.05, 0) is 26.7 Å². The summed E-state index contributed by atoms with van der Waals surface area (Å²) in [5.41, 5.74) is 0.684. The molecule has 0 atom stereocenters. The highest BCUT2D eigenvalue weighted by molar-refractivity contribution is 7.85. The minimum absolute atomic E-state index is 0.164. The molecule has 36 heavy (non-hydrogen) atoms. The van der Waals surface area contributed by atoms with Crippen LogP contribution in [0.15, 0.2) is 24.3 Å². The lowest BCUT2D eigenvalue weighted by Crippen LogP contribution is -2.45. The van der Waals surface area contributed by atoms with Crippen LogP contribution in [0.5, 0.6) is 0 Å².